The number of tetrazole rings is 1. The first kappa shape index (κ1) is 13.9. The molecule has 1 aromatic carbocycles. The minimum absolute atomic E-state index is 0.00436. The Morgan fingerprint density at radius 3 is 2.95 bits per heavy atom. The Balaban J connectivity index is 2.21. The van der Waals surface area contributed by atoms with E-state index >= 15 is 0 Å². The average Bonchev–Trinajstić information content (AvgIpc) is 2.86. The smallest absolute Gasteiger partial charge is 0.303 e. The van der Waals surface area contributed by atoms with Crippen molar-refractivity contribution in [1.82, 2.24) is 20.2 Å². The molecule has 1 N–H and O–H groups in total. The van der Waals surface area contributed by atoms with Crippen molar-refractivity contribution in [3.05, 3.63) is 24.0 Å². The van der Waals surface area contributed by atoms with E-state index in [1.165, 1.54) is 23.9 Å². The molecule has 1 heterocycles. The Kier molecular flexibility index (Phi) is 4.24. The Hall–Kier alpha value is -2.51. The van der Waals surface area contributed by atoms with Gasteiger partial charge in [0.25, 0.3) is 0 Å². The van der Waals surface area contributed by atoms with E-state index in [0.717, 1.165) is 0 Å². The Morgan fingerprint density at radius 2 is 2.30 bits per heavy atom. The van der Waals surface area contributed by atoms with E-state index in [2.05, 4.69) is 15.5 Å². The molecule has 106 valence electrons. The van der Waals surface area contributed by atoms with Crippen molar-refractivity contribution in [2.75, 3.05) is 7.11 Å². The summed E-state index contributed by atoms with van der Waals surface area (Å²) in [5, 5.41) is 19.6. The van der Waals surface area contributed by atoms with Crippen LogP contribution in [0.15, 0.2) is 18.2 Å². The van der Waals surface area contributed by atoms with E-state index in [1.807, 2.05) is 0 Å². The molecule has 20 heavy (non-hydrogen) atoms. The molecule has 2 aromatic rings. The lowest BCUT2D eigenvalue weighted by Gasteiger charge is -2.06. The van der Waals surface area contributed by atoms with Crippen LogP contribution in [0.3, 0.4) is 0 Å². The first-order valence-electron chi connectivity index (χ1n) is 5.93. The number of carboxylic acid groups (broad SMARTS) is 1. The molecular weight excluding hydrogens is 267 g/mol. The zero-order chi connectivity index (χ0) is 14.5. The molecule has 0 saturated carbocycles. The number of halogens is 1. The van der Waals surface area contributed by atoms with Crippen LogP contribution in [0.4, 0.5) is 4.39 Å². The number of aryl methyl sites for hydroxylation is 1. The van der Waals surface area contributed by atoms with Crippen molar-refractivity contribution in [2.45, 2.75) is 19.4 Å². The molecule has 8 heteroatoms. The molecule has 0 aliphatic rings. The lowest BCUT2D eigenvalue weighted by atomic mass is 10.2. The summed E-state index contributed by atoms with van der Waals surface area (Å²) in [7, 11) is 1.45. The van der Waals surface area contributed by atoms with Gasteiger partial charge in [0.15, 0.2) is 5.82 Å². The molecule has 0 aliphatic carbocycles. The molecular formula is C12H13FN4O3. The third kappa shape index (κ3) is 3.08. The maximum Gasteiger partial charge on any atom is 0.303 e. The van der Waals surface area contributed by atoms with Gasteiger partial charge in [-0.2, -0.15) is 0 Å². The third-order valence-corrected chi connectivity index (χ3v) is 2.71. The van der Waals surface area contributed by atoms with Crippen LogP contribution < -0.4 is 4.74 Å². The molecule has 0 unspecified atom stereocenters. The number of carboxylic acids is 1. The number of methoxy groups -OCH3 is 1. The van der Waals surface area contributed by atoms with E-state index in [1.54, 1.807) is 6.07 Å². The van der Waals surface area contributed by atoms with Gasteiger partial charge in [-0.25, -0.2) is 9.07 Å². The summed E-state index contributed by atoms with van der Waals surface area (Å²) in [5.41, 5.74) is 0.242. The van der Waals surface area contributed by atoms with Crippen molar-refractivity contribution in [3.8, 4) is 17.1 Å². The Bertz CT molecular complexity index is 614. The van der Waals surface area contributed by atoms with Gasteiger partial charge < -0.3 is 9.84 Å². The molecule has 0 bridgehead atoms. The Labute approximate surface area is 114 Å². The van der Waals surface area contributed by atoms with Gasteiger partial charge in [-0.3, -0.25) is 4.79 Å². The van der Waals surface area contributed by atoms with Crippen LogP contribution >= 0.6 is 0 Å². The molecule has 0 saturated heterocycles. The van der Waals surface area contributed by atoms with E-state index in [9.17, 15) is 9.18 Å². The number of ether oxygens (including phenoxy) is 1. The monoisotopic (exact) mass is 280 g/mol. The van der Waals surface area contributed by atoms with Gasteiger partial charge in [-0.05, 0) is 29.0 Å². The summed E-state index contributed by atoms with van der Waals surface area (Å²) in [6.07, 6.45) is 0.371. The van der Waals surface area contributed by atoms with Crippen molar-refractivity contribution >= 4 is 5.97 Å². The molecule has 0 amide bonds. The number of carbonyl (C=O) groups is 1. The molecule has 1 aromatic heterocycles. The minimum atomic E-state index is -0.893. The van der Waals surface area contributed by atoms with E-state index in [0.29, 0.717) is 18.7 Å². The maximum atomic E-state index is 13.9. The predicted octanol–water partition coefficient (Wildman–Crippen LogP) is 1.35. The fraction of sp³-hybridized carbons (Fsp3) is 0.333. The highest BCUT2D eigenvalue weighted by Crippen LogP contribution is 2.24. The van der Waals surface area contributed by atoms with Crippen molar-refractivity contribution in [2.24, 2.45) is 0 Å². The van der Waals surface area contributed by atoms with Crippen LogP contribution in [-0.4, -0.2) is 38.4 Å². The van der Waals surface area contributed by atoms with Gasteiger partial charge in [0.05, 0.1) is 12.7 Å². The average molecular weight is 280 g/mol. The number of nitrogens with zero attached hydrogens (tertiary/aromatic N) is 4. The quantitative estimate of drug-likeness (QED) is 0.859. The highest BCUT2D eigenvalue weighted by molar-refractivity contribution is 5.66. The fourth-order valence-electron chi connectivity index (χ4n) is 1.73. The number of hydrogen-bond donors (Lipinski definition) is 1. The summed E-state index contributed by atoms with van der Waals surface area (Å²) in [6.45, 7) is 0.306. The van der Waals surface area contributed by atoms with E-state index < -0.39 is 11.8 Å². The summed E-state index contributed by atoms with van der Waals surface area (Å²) in [6, 6.07) is 4.37. The number of hydrogen-bond acceptors (Lipinski definition) is 5. The van der Waals surface area contributed by atoms with Crippen molar-refractivity contribution in [3.63, 3.8) is 0 Å². The van der Waals surface area contributed by atoms with Crippen LogP contribution in [0, 0.1) is 5.82 Å². The fourth-order valence-corrected chi connectivity index (χ4v) is 1.73. The van der Waals surface area contributed by atoms with E-state index in [-0.39, 0.29) is 17.8 Å². The first-order valence-corrected chi connectivity index (χ1v) is 5.93. The lowest BCUT2D eigenvalue weighted by Crippen LogP contribution is -2.06. The minimum Gasteiger partial charge on any atom is -0.497 e. The second-order valence-corrected chi connectivity index (χ2v) is 4.07. The maximum absolute atomic E-state index is 13.9. The molecule has 0 spiro atoms. The molecule has 0 atom stereocenters. The number of aliphatic carboxylic acids is 1. The topological polar surface area (TPSA) is 90.1 Å². The van der Waals surface area contributed by atoms with E-state index in [4.69, 9.17) is 9.84 Å². The summed E-state index contributed by atoms with van der Waals surface area (Å²) in [5.74, 6) is -0.736. The van der Waals surface area contributed by atoms with Crippen molar-refractivity contribution in [1.29, 1.82) is 0 Å². The molecule has 0 aliphatic heterocycles. The third-order valence-electron chi connectivity index (χ3n) is 2.71. The summed E-state index contributed by atoms with van der Waals surface area (Å²) < 4.78 is 20.3. The normalized spacial score (nSPS) is 10.5. The highest BCUT2D eigenvalue weighted by Gasteiger charge is 2.14. The van der Waals surface area contributed by atoms with Crippen molar-refractivity contribution < 1.29 is 19.0 Å². The lowest BCUT2D eigenvalue weighted by molar-refractivity contribution is -0.137. The number of benzene rings is 1. The van der Waals surface area contributed by atoms with Gasteiger partial charge in [0, 0.05) is 19.0 Å². The summed E-state index contributed by atoms with van der Waals surface area (Å²) in [4.78, 5) is 10.5. The number of aromatic nitrogens is 4. The van der Waals surface area contributed by atoms with Gasteiger partial charge in [0.1, 0.15) is 11.6 Å². The predicted molar refractivity (Wildman–Crippen MR) is 66.6 cm³/mol. The summed E-state index contributed by atoms with van der Waals surface area (Å²) >= 11 is 0. The van der Waals surface area contributed by atoms with Gasteiger partial charge >= 0.3 is 5.97 Å². The Morgan fingerprint density at radius 1 is 1.50 bits per heavy atom. The van der Waals surface area contributed by atoms with Crippen LogP contribution in [0.1, 0.15) is 12.8 Å². The molecule has 0 fully saturated rings. The SMILES string of the molecule is COc1ccc(-c2nnnn2CCCC(=O)O)c(F)c1. The van der Waals surface area contributed by atoms with Gasteiger partial charge in [-0.1, -0.05) is 0 Å². The zero-order valence-electron chi connectivity index (χ0n) is 10.8. The highest BCUT2D eigenvalue weighted by atomic mass is 19.1. The second kappa shape index (κ2) is 6.09. The van der Waals surface area contributed by atoms with Gasteiger partial charge in [-0.15, -0.1) is 5.10 Å². The largest absolute Gasteiger partial charge is 0.497 e. The standard InChI is InChI=1S/C12H13FN4O3/c1-20-8-4-5-9(10(13)7-8)12-14-15-16-17(12)6-2-3-11(18)19/h4-5,7H,2-3,6H2,1H3,(H,18,19). The van der Waals surface area contributed by atoms with Crippen LogP contribution in [0.5, 0.6) is 5.75 Å². The second-order valence-electron chi connectivity index (χ2n) is 4.07. The first-order chi connectivity index (χ1) is 9.61. The van der Waals surface area contributed by atoms with Crippen LogP contribution in [0.2, 0.25) is 0 Å². The molecule has 0 radical (unpaired) electrons. The molecule has 2 rings (SSSR count). The zero-order valence-corrected chi connectivity index (χ0v) is 10.8. The van der Waals surface area contributed by atoms with Crippen LogP contribution in [0.25, 0.3) is 11.4 Å². The van der Waals surface area contributed by atoms with Crippen LogP contribution in [-0.2, 0) is 11.3 Å². The van der Waals surface area contributed by atoms with Gasteiger partial charge in [0.2, 0.25) is 0 Å². The number of rotatable bonds is 6. The molecule has 7 nitrogen and oxygen atoms in total.